The fourth-order valence-corrected chi connectivity index (χ4v) is 2.94. The number of hydrogen-bond donors (Lipinski definition) is 0. The monoisotopic (exact) mass is 301 g/mol. The van der Waals surface area contributed by atoms with Gasteiger partial charge in [0.1, 0.15) is 0 Å². The van der Waals surface area contributed by atoms with Gasteiger partial charge in [0.25, 0.3) is 0 Å². The molecule has 1 aromatic carbocycles. The van der Waals surface area contributed by atoms with Crippen LogP contribution in [0.4, 0.5) is 0 Å². The van der Waals surface area contributed by atoms with Gasteiger partial charge >= 0.3 is 11.9 Å². The van der Waals surface area contributed by atoms with Crippen molar-refractivity contribution in [2.24, 2.45) is 0 Å². The number of carbonyl (C=O) groups excluding carboxylic acids is 2. The molecule has 2 saturated heterocycles. The molecule has 0 saturated carbocycles. The number of nitrogens with zero attached hydrogens (tertiary/aromatic N) is 1. The standard InChI is InChI=1S/C12H9Cl2NO4/c13-7-3-6(4-8(14)5-7)9-1-2-15-10(9)18-11(16)12(17)19-15/h3-5,9-10H,1-2H2. The van der Waals surface area contributed by atoms with Crippen LogP contribution in [-0.2, 0) is 19.2 Å². The summed E-state index contributed by atoms with van der Waals surface area (Å²) in [5.41, 5.74) is 0.857. The van der Waals surface area contributed by atoms with Gasteiger partial charge < -0.3 is 9.57 Å². The maximum atomic E-state index is 11.3. The van der Waals surface area contributed by atoms with Crippen LogP contribution in [0, 0.1) is 0 Å². The van der Waals surface area contributed by atoms with Gasteiger partial charge in [-0.15, -0.1) is 0 Å². The first-order chi connectivity index (χ1) is 9.04. The quantitative estimate of drug-likeness (QED) is 0.587. The molecule has 2 fully saturated rings. The minimum absolute atomic E-state index is 0.117. The molecule has 7 heteroatoms. The minimum atomic E-state index is -0.985. The summed E-state index contributed by atoms with van der Waals surface area (Å²) >= 11 is 11.9. The van der Waals surface area contributed by atoms with Gasteiger partial charge in [0.15, 0.2) is 6.23 Å². The van der Waals surface area contributed by atoms with E-state index in [9.17, 15) is 9.59 Å². The Kier molecular flexibility index (Phi) is 3.12. The fraction of sp³-hybridized carbons (Fsp3) is 0.333. The third-order valence-corrected chi connectivity index (χ3v) is 3.63. The van der Waals surface area contributed by atoms with E-state index in [1.54, 1.807) is 18.2 Å². The molecule has 2 aliphatic rings. The van der Waals surface area contributed by atoms with Gasteiger partial charge in [-0.05, 0) is 30.2 Å². The lowest BCUT2D eigenvalue weighted by Crippen LogP contribution is -2.46. The highest BCUT2D eigenvalue weighted by Crippen LogP contribution is 2.38. The lowest BCUT2D eigenvalue weighted by molar-refractivity contribution is -0.256. The summed E-state index contributed by atoms with van der Waals surface area (Å²) in [5, 5.41) is 2.41. The molecule has 0 radical (unpaired) electrons. The Morgan fingerprint density at radius 2 is 1.79 bits per heavy atom. The van der Waals surface area contributed by atoms with Gasteiger partial charge in [0.05, 0.1) is 0 Å². The van der Waals surface area contributed by atoms with Crippen LogP contribution in [0.3, 0.4) is 0 Å². The summed E-state index contributed by atoms with van der Waals surface area (Å²) in [6, 6.07) is 5.17. The fourth-order valence-electron chi connectivity index (χ4n) is 2.40. The molecule has 19 heavy (non-hydrogen) atoms. The molecule has 3 rings (SSSR count). The lowest BCUT2D eigenvalue weighted by atomic mass is 9.97. The molecule has 0 N–H and O–H groups in total. The Bertz CT molecular complexity index is 542. The first-order valence-corrected chi connectivity index (χ1v) is 6.46. The molecular weight excluding hydrogens is 293 g/mol. The summed E-state index contributed by atoms with van der Waals surface area (Å²) in [4.78, 5) is 27.3. The average Bonchev–Trinajstić information content (AvgIpc) is 2.71. The molecule has 0 aromatic heterocycles. The van der Waals surface area contributed by atoms with E-state index < -0.39 is 18.2 Å². The highest BCUT2D eigenvalue weighted by Gasteiger charge is 2.46. The molecule has 0 bridgehead atoms. The van der Waals surface area contributed by atoms with Crippen molar-refractivity contribution < 1.29 is 19.2 Å². The van der Waals surface area contributed by atoms with Crippen molar-refractivity contribution in [3.8, 4) is 0 Å². The van der Waals surface area contributed by atoms with Crippen LogP contribution < -0.4 is 0 Å². The Morgan fingerprint density at radius 1 is 1.11 bits per heavy atom. The van der Waals surface area contributed by atoms with Crippen LogP contribution >= 0.6 is 23.2 Å². The van der Waals surface area contributed by atoms with Gasteiger partial charge in [-0.25, -0.2) is 9.59 Å². The molecule has 100 valence electrons. The van der Waals surface area contributed by atoms with Gasteiger partial charge in [-0.3, -0.25) is 0 Å². The lowest BCUT2D eigenvalue weighted by Gasteiger charge is -2.29. The first kappa shape index (κ1) is 12.7. The van der Waals surface area contributed by atoms with Crippen molar-refractivity contribution in [1.29, 1.82) is 0 Å². The Labute approximate surface area is 118 Å². The SMILES string of the molecule is O=C1OC2C(c3cc(Cl)cc(Cl)c3)CCN2OC1=O. The van der Waals surface area contributed by atoms with E-state index in [-0.39, 0.29) is 5.92 Å². The van der Waals surface area contributed by atoms with Crippen LogP contribution in [0.1, 0.15) is 17.9 Å². The number of esters is 1. The first-order valence-electron chi connectivity index (χ1n) is 5.70. The van der Waals surface area contributed by atoms with Crippen molar-refractivity contribution >= 4 is 35.1 Å². The molecule has 1 aromatic rings. The summed E-state index contributed by atoms with van der Waals surface area (Å²) < 4.78 is 5.10. The van der Waals surface area contributed by atoms with E-state index in [4.69, 9.17) is 32.8 Å². The van der Waals surface area contributed by atoms with E-state index in [2.05, 4.69) is 0 Å². The molecule has 5 nitrogen and oxygen atoms in total. The second kappa shape index (κ2) is 4.67. The van der Waals surface area contributed by atoms with E-state index >= 15 is 0 Å². The van der Waals surface area contributed by atoms with Crippen molar-refractivity contribution in [2.45, 2.75) is 18.6 Å². The number of carbonyl (C=O) groups is 2. The summed E-state index contributed by atoms with van der Waals surface area (Å²) in [6.07, 6.45) is 0.0711. The number of hydrogen-bond acceptors (Lipinski definition) is 5. The van der Waals surface area contributed by atoms with Crippen LogP contribution in [0.25, 0.3) is 0 Å². The van der Waals surface area contributed by atoms with Crippen LogP contribution in [-0.4, -0.2) is 29.8 Å². The minimum Gasteiger partial charge on any atom is -0.434 e. The van der Waals surface area contributed by atoms with Gasteiger partial charge in [0, 0.05) is 22.5 Å². The zero-order chi connectivity index (χ0) is 13.6. The third kappa shape index (κ3) is 2.29. The Hall–Kier alpha value is -1.30. The molecule has 0 aliphatic carbocycles. The normalized spacial score (nSPS) is 26.8. The molecule has 2 heterocycles. The maximum Gasteiger partial charge on any atom is 0.436 e. The van der Waals surface area contributed by atoms with Gasteiger partial charge in [-0.1, -0.05) is 28.3 Å². The number of ether oxygens (including phenoxy) is 1. The highest BCUT2D eigenvalue weighted by atomic mass is 35.5. The Balaban J connectivity index is 1.90. The smallest absolute Gasteiger partial charge is 0.434 e. The zero-order valence-corrected chi connectivity index (χ0v) is 11.1. The summed E-state index contributed by atoms with van der Waals surface area (Å²) in [6.45, 7) is 0.498. The highest BCUT2D eigenvalue weighted by molar-refractivity contribution is 6.34. The molecular formula is C12H9Cl2NO4. The average molecular weight is 302 g/mol. The second-order valence-corrected chi connectivity index (χ2v) is 5.29. The Morgan fingerprint density at radius 3 is 2.47 bits per heavy atom. The number of halogens is 2. The third-order valence-electron chi connectivity index (χ3n) is 3.20. The van der Waals surface area contributed by atoms with Crippen LogP contribution in [0.5, 0.6) is 0 Å². The zero-order valence-electron chi connectivity index (χ0n) is 9.64. The molecule has 2 aliphatic heterocycles. The van der Waals surface area contributed by atoms with E-state index in [1.807, 2.05) is 0 Å². The predicted molar refractivity (Wildman–Crippen MR) is 66.5 cm³/mol. The van der Waals surface area contributed by atoms with E-state index in [0.29, 0.717) is 23.0 Å². The van der Waals surface area contributed by atoms with Gasteiger partial charge in [-0.2, -0.15) is 0 Å². The van der Waals surface area contributed by atoms with Crippen LogP contribution in [0.2, 0.25) is 10.0 Å². The van der Waals surface area contributed by atoms with Crippen molar-refractivity contribution in [3.05, 3.63) is 33.8 Å². The molecule has 2 atom stereocenters. The topological polar surface area (TPSA) is 55.8 Å². The summed E-state index contributed by atoms with van der Waals surface area (Å²) in [7, 11) is 0. The number of hydroxylamine groups is 2. The van der Waals surface area contributed by atoms with Crippen molar-refractivity contribution in [3.63, 3.8) is 0 Å². The number of benzene rings is 1. The van der Waals surface area contributed by atoms with Crippen molar-refractivity contribution in [1.82, 2.24) is 5.06 Å². The second-order valence-electron chi connectivity index (χ2n) is 4.41. The largest absolute Gasteiger partial charge is 0.436 e. The van der Waals surface area contributed by atoms with Crippen LogP contribution in [0.15, 0.2) is 18.2 Å². The maximum absolute atomic E-state index is 11.3. The molecule has 0 amide bonds. The van der Waals surface area contributed by atoms with Gasteiger partial charge in [0.2, 0.25) is 0 Å². The van der Waals surface area contributed by atoms with Crippen molar-refractivity contribution in [2.75, 3.05) is 6.54 Å². The number of fused-ring (bicyclic) bond motifs is 1. The summed E-state index contributed by atoms with van der Waals surface area (Å²) in [5.74, 6) is -2.07. The predicted octanol–water partition coefficient (Wildman–Crippen LogP) is 2.12. The molecule has 2 unspecified atom stereocenters. The molecule has 0 spiro atoms. The van der Waals surface area contributed by atoms with E-state index in [0.717, 1.165) is 5.56 Å². The van der Waals surface area contributed by atoms with E-state index in [1.165, 1.54) is 5.06 Å². The number of rotatable bonds is 1.